The molecule has 2 aliphatic carbocycles. The van der Waals surface area contributed by atoms with E-state index in [1.54, 1.807) is 0 Å². The van der Waals surface area contributed by atoms with Gasteiger partial charge in [0, 0.05) is 37.3 Å². The lowest BCUT2D eigenvalue weighted by Gasteiger charge is -2.65. The topological polar surface area (TPSA) is 18.5 Å². The van der Waals surface area contributed by atoms with Gasteiger partial charge >= 0.3 is 0 Å². The fraction of sp³-hybridized carbons (Fsp3) is 0.895. The van der Waals surface area contributed by atoms with Crippen LogP contribution in [0.25, 0.3) is 0 Å². The summed E-state index contributed by atoms with van der Waals surface area (Å²) >= 11 is 0. The summed E-state index contributed by atoms with van der Waals surface area (Å²) in [4.78, 5) is 5.66. The van der Waals surface area contributed by atoms with Crippen LogP contribution < -0.4 is 5.32 Å². The smallest absolute Gasteiger partial charge is 0.0736 e. The molecule has 4 heterocycles. The van der Waals surface area contributed by atoms with Crippen molar-refractivity contribution >= 4 is 0 Å². The Morgan fingerprint density at radius 1 is 1.09 bits per heavy atom. The maximum absolute atomic E-state index is 4.05. The van der Waals surface area contributed by atoms with Gasteiger partial charge < -0.3 is 0 Å². The highest BCUT2D eigenvalue weighted by Gasteiger charge is 2.58. The minimum atomic E-state index is 0.332. The van der Waals surface area contributed by atoms with Gasteiger partial charge in [-0.1, -0.05) is 19.1 Å². The first kappa shape index (κ1) is 14.0. The molecule has 3 heteroatoms. The summed E-state index contributed by atoms with van der Waals surface area (Å²) in [6.07, 6.45) is 13.5. The normalized spacial score (nSPS) is 54.6. The summed E-state index contributed by atoms with van der Waals surface area (Å²) in [6.45, 7) is 7.36. The molecule has 22 heavy (non-hydrogen) atoms. The number of likely N-dealkylation sites (tertiary alicyclic amines) is 1. The van der Waals surface area contributed by atoms with E-state index >= 15 is 0 Å². The second-order valence-corrected chi connectivity index (χ2v) is 8.88. The lowest BCUT2D eigenvalue weighted by atomic mass is 9.71. The van der Waals surface area contributed by atoms with Gasteiger partial charge in [-0.2, -0.15) is 0 Å². The average molecular weight is 301 g/mol. The molecule has 0 radical (unpaired) electrons. The van der Waals surface area contributed by atoms with Crippen LogP contribution in [0.1, 0.15) is 52.4 Å². The van der Waals surface area contributed by atoms with Gasteiger partial charge in [-0.05, 0) is 57.3 Å². The summed E-state index contributed by atoms with van der Waals surface area (Å²) in [6, 6.07) is 3.14. The van der Waals surface area contributed by atoms with Gasteiger partial charge in [0.1, 0.15) is 0 Å². The van der Waals surface area contributed by atoms with Crippen molar-refractivity contribution in [3.63, 3.8) is 0 Å². The van der Waals surface area contributed by atoms with Crippen LogP contribution in [0.15, 0.2) is 12.2 Å². The Bertz CT molecular complexity index is 476. The Labute approximate surface area is 135 Å². The fourth-order valence-corrected chi connectivity index (χ4v) is 6.35. The highest BCUT2D eigenvalue weighted by atomic mass is 15.4. The molecule has 6 aliphatic rings. The van der Waals surface area contributed by atoms with Crippen LogP contribution in [0.5, 0.6) is 0 Å². The van der Waals surface area contributed by atoms with Gasteiger partial charge in [-0.3, -0.25) is 15.1 Å². The largest absolute Gasteiger partial charge is 0.296 e. The highest BCUT2D eigenvalue weighted by molar-refractivity contribution is 5.17. The van der Waals surface area contributed by atoms with E-state index in [-0.39, 0.29) is 0 Å². The molecule has 0 aromatic heterocycles. The lowest BCUT2D eigenvalue weighted by molar-refractivity contribution is -0.122. The maximum Gasteiger partial charge on any atom is 0.0736 e. The first-order valence-electron chi connectivity index (χ1n) is 9.63. The van der Waals surface area contributed by atoms with Crippen molar-refractivity contribution in [3.05, 3.63) is 12.2 Å². The zero-order valence-corrected chi connectivity index (χ0v) is 14.2. The molecule has 0 aromatic carbocycles. The lowest BCUT2D eigenvalue weighted by Crippen LogP contribution is -2.80. The molecule has 7 atom stereocenters. The van der Waals surface area contributed by atoms with Gasteiger partial charge in [-0.25, -0.2) is 0 Å². The molecule has 3 saturated heterocycles. The summed E-state index contributed by atoms with van der Waals surface area (Å²) in [5.74, 6) is 1.74. The molecular weight excluding hydrogens is 270 g/mol. The van der Waals surface area contributed by atoms with Gasteiger partial charge in [0.25, 0.3) is 0 Å². The number of nitrogens with zero attached hydrogens (tertiary/aromatic N) is 2. The van der Waals surface area contributed by atoms with Crippen LogP contribution >= 0.6 is 0 Å². The second kappa shape index (κ2) is 4.81. The molecule has 6 rings (SSSR count). The van der Waals surface area contributed by atoms with Crippen molar-refractivity contribution < 1.29 is 0 Å². The second-order valence-electron chi connectivity index (χ2n) is 8.88. The maximum atomic E-state index is 4.05. The molecule has 3 nitrogen and oxygen atoms in total. The van der Waals surface area contributed by atoms with Gasteiger partial charge in [0.2, 0.25) is 0 Å². The minimum Gasteiger partial charge on any atom is -0.296 e. The van der Waals surface area contributed by atoms with E-state index in [2.05, 4.69) is 41.1 Å². The Morgan fingerprint density at radius 3 is 2.59 bits per heavy atom. The third-order valence-corrected chi connectivity index (χ3v) is 7.45. The van der Waals surface area contributed by atoms with Gasteiger partial charge in [-0.15, -0.1) is 0 Å². The van der Waals surface area contributed by atoms with Crippen LogP contribution in [0, 0.1) is 11.8 Å². The highest BCUT2D eigenvalue weighted by Crippen LogP contribution is 2.48. The van der Waals surface area contributed by atoms with Crippen molar-refractivity contribution in [1.29, 1.82) is 0 Å². The van der Waals surface area contributed by atoms with E-state index in [4.69, 9.17) is 0 Å². The number of nitrogens with one attached hydrogen (secondary N) is 1. The van der Waals surface area contributed by atoms with Crippen molar-refractivity contribution in [1.82, 2.24) is 15.1 Å². The Kier molecular flexibility index (Phi) is 3.06. The predicted octanol–water partition coefficient (Wildman–Crippen LogP) is 2.59. The van der Waals surface area contributed by atoms with E-state index in [9.17, 15) is 0 Å². The molecule has 4 bridgehead atoms. The first-order chi connectivity index (χ1) is 10.6. The molecule has 0 spiro atoms. The van der Waals surface area contributed by atoms with E-state index in [1.807, 2.05) is 0 Å². The molecule has 4 aliphatic heterocycles. The van der Waals surface area contributed by atoms with E-state index in [1.165, 1.54) is 51.6 Å². The van der Waals surface area contributed by atoms with Crippen LogP contribution in [-0.2, 0) is 0 Å². The monoisotopic (exact) mass is 301 g/mol. The standard InChI is InChI=1S/C19H31N3/c1-13-3-4-14(2)22(11-13)19-8-7-18(17(10-19)20-19)21-12-15-5-6-16(21)9-15/h3-4,13-18,20H,5-12H2,1-2H3. The van der Waals surface area contributed by atoms with Crippen molar-refractivity contribution in [2.45, 2.75) is 82.2 Å². The molecule has 122 valence electrons. The van der Waals surface area contributed by atoms with Gasteiger partial charge in [0.05, 0.1) is 5.66 Å². The Hall–Kier alpha value is -0.380. The number of hydrogen-bond donors (Lipinski definition) is 1. The van der Waals surface area contributed by atoms with Crippen molar-refractivity contribution in [2.75, 3.05) is 13.1 Å². The zero-order valence-electron chi connectivity index (χ0n) is 14.2. The summed E-state index contributed by atoms with van der Waals surface area (Å²) < 4.78 is 0. The summed E-state index contributed by atoms with van der Waals surface area (Å²) in [7, 11) is 0. The third kappa shape index (κ3) is 1.91. The zero-order chi connectivity index (χ0) is 14.9. The van der Waals surface area contributed by atoms with Crippen LogP contribution in [0.4, 0.5) is 0 Å². The molecule has 0 aromatic rings. The van der Waals surface area contributed by atoms with E-state index in [0.717, 1.165) is 24.0 Å². The summed E-state index contributed by atoms with van der Waals surface area (Å²) in [5.41, 5.74) is 0.332. The van der Waals surface area contributed by atoms with Crippen LogP contribution in [0.2, 0.25) is 0 Å². The van der Waals surface area contributed by atoms with E-state index in [0.29, 0.717) is 17.6 Å². The third-order valence-electron chi connectivity index (χ3n) is 7.45. The average Bonchev–Trinajstić information content (AvgIpc) is 3.11. The molecule has 1 N–H and O–H groups in total. The quantitative estimate of drug-likeness (QED) is 0.791. The molecule has 0 amide bonds. The molecule has 5 fully saturated rings. The van der Waals surface area contributed by atoms with Crippen LogP contribution in [-0.4, -0.2) is 52.7 Å². The SMILES string of the molecule is CC1C=CC(C)N(C23CCC(N4CC5CCC4C5)C(C2)N3)C1. The minimum absolute atomic E-state index is 0.332. The number of hydrogen-bond acceptors (Lipinski definition) is 3. The van der Waals surface area contributed by atoms with Gasteiger partial charge in [0.15, 0.2) is 0 Å². The van der Waals surface area contributed by atoms with Crippen molar-refractivity contribution in [3.8, 4) is 0 Å². The Balaban J connectivity index is 1.28. The van der Waals surface area contributed by atoms with Crippen LogP contribution in [0.3, 0.4) is 0 Å². The Morgan fingerprint density at radius 2 is 1.95 bits per heavy atom. The number of fused-ring (bicyclic) bond motifs is 4. The van der Waals surface area contributed by atoms with E-state index < -0.39 is 0 Å². The fourth-order valence-electron chi connectivity index (χ4n) is 6.35. The molecule has 7 unspecified atom stereocenters. The number of piperidine rings is 2. The first-order valence-corrected chi connectivity index (χ1v) is 9.63. The van der Waals surface area contributed by atoms with Crippen molar-refractivity contribution in [2.24, 2.45) is 11.8 Å². The predicted molar refractivity (Wildman–Crippen MR) is 89.6 cm³/mol. The number of rotatable bonds is 2. The molecule has 2 saturated carbocycles. The molecular formula is C19H31N3. The summed E-state index contributed by atoms with van der Waals surface area (Å²) in [5, 5.41) is 4.05.